The number of benzene rings is 1. The fourth-order valence-electron chi connectivity index (χ4n) is 2.98. The van der Waals surface area contributed by atoms with Gasteiger partial charge in [-0.15, -0.1) is 0 Å². The largest absolute Gasteiger partial charge is 0.418 e. The van der Waals surface area contributed by atoms with Crippen LogP contribution in [0.2, 0.25) is 0 Å². The molecule has 0 spiro atoms. The van der Waals surface area contributed by atoms with Crippen molar-refractivity contribution in [3.8, 4) is 0 Å². The number of anilines is 1. The van der Waals surface area contributed by atoms with Gasteiger partial charge in [0.2, 0.25) is 0 Å². The lowest BCUT2D eigenvalue weighted by Crippen LogP contribution is -2.37. The Labute approximate surface area is 131 Å². The van der Waals surface area contributed by atoms with E-state index in [2.05, 4.69) is 21.2 Å². The topological polar surface area (TPSA) is 38.0 Å². The van der Waals surface area contributed by atoms with Crippen molar-refractivity contribution < 1.29 is 13.2 Å². The molecule has 1 aromatic rings. The smallest absolute Gasteiger partial charge is 0.380 e. The quantitative estimate of drug-likeness (QED) is 0.805. The maximum absolute atomic E-state index is 13.1. The lowest BCUT2D eigenvalue weighted by molar-refractivity contribution is -0.137. The van der Waals surface area contributed by atoms with E-state index in [1.54, 1.807) is 6.07 Å². The minimum atomic E-state index is -4.38. The van der Waals surface area contributed by atoms with Crippen molar-refractivity contribution in [2.45, 2.75) is 44.3 Å². The minimum absolute atomic E-state index is 0.104. The lowest BCUT2D eigenvalue weighted by atomic mass is 9.83. The average Bonchev–Trinajstić information content (AvgIpc) is 2.46. The summed E-state index contributed by atoms with van der Waals surface area (Å²) in [5.41, 5.74) is 5.26. The highest BCUT2D eigenvalue weighted by Gasteiger charge is 2.34. The SMILES string of the molecule is NCC(Nc1ccc(Br)cc1C(F)(F)F)C1CCCCC1. The monoisotopic (exact) mass is 364 g/mol. The van der Waals surface area contributed by atoms with Crippen LogP contribution < -0.4 is 11.1 Å². The number of alkyl halides is 3. The van der Waals surface area contributed by atoms with Crippen LogP contribution in [-0.4, -0.2) is 12.6 Å². The summed E-state index contributed by atoms with van der Waals surface area (Å²) in [5.74, 6) is 0.355. The first-order valence-corrected chi connectivity index (χ1v) is 8.04. The van der Waals surface area contributed by atoms with E-state index < -0.39 is 11.7 Å². The number of hydrogen-bond donors (Lipinski definition) is 2. The van der Waals surface area contributed by atoms with Crippen LogP contribution in [0.3, 0.4) is 0 Å². The molecule has 118 valence electrons. The van der Waals surface area contributed by atoms with Crippen LogP contribution in [0.4, 0.5) is 18.9 Å². The van der Waals surface area contributed by atoms with E-state index in [4.69, 9.17) is 5.73 Å². The summed E-state index contributed by atoms with van der Waals surface area (Å²) in [6.45, 7) is 0.345. The normalized spacial score (nSPS) is 18.5. The molecule has 0 aromatic heterocycles. The standard InChI is InChI=1S/C15H20BrF3N2/c16-11-6-7-13(12(8-11)15(17,18)19)21-14(9-20)10-4-2-1-3-5-10/h6-8,10,14,21H,1-5,9,20H2. The molecule has 21 heavy (non-hydrogen) atoms. The van der Waals surface area contributed by atoms with E-state index >= 15 is 0 Å². The number of hydrogen-bond acceptors (Lipinski definition) is 2. The first-order chi connectivity index (χ1) is 9.91. The lowest BCUT2D eigenvalue weighted by Gasteiger charge is -2.31. The van der Waals surface area contributed by atoms with Crippen molar-refractivity contribution in [2.75, 3.05) is 11.9 Å². The third-order valence-electron chi connectivity index (χ3n) is 4.10. The molecule has 6 heteroatoms. The Hall–Kier alpha value is -0.750. The maximum atomic E-state index is 13.1. The first-order valence-electron chi connectivity index (χ1n) is 7.25. The van der Waals surface area contributed by atoms with Crippen LogP contribution in [0.5, 0.6) is 0 Å². The van der Waals surface area contributed by atoms with E-state index in [1.165, 1.54) is 12.5 Å². The number of rotatable bonds is 4. The van der Waals surface area contributed by atoms with Crippen LogP contribution in [0.25, 0.3) is 0 Å². The predicted octanol–water partition coefficient (Wildman–Crippen LogP) is 4.79. The fraction of sp³-hybridized carbons (Fsp3) is 0.600. The third kappa shape index (κ3) is 4.36. The zero-order valence-electron chi connectivity index (χ0n) is 11.7. The molecule has 1 saturated carbocycles. The molecule has 0 amide bonds. The second-order valence-corrected chi connectivity index (χ2v) is 6.49. The molecule has 0 aliphatic heterocycles. The molecule has 0 bridgehead atoms. The summed E-state index contributed by atoms with van der Waals surface area (Å²) in [7, 11) is 0. The molecule has 0 radical (unpaired) electrons. The second-order valence-electron chi connectivity index (χ2n) is 5.57. The van der Waals surface area contributed by atoms with E-state index in [9.17, 15) is 13.2 Å². The summed E-state index contributed by atoms with van der Waals surface area (Å²) in [6.07, 6.45) is 1.17. The summed E-state index contributed by atoms with van der Waals surface area (Å²) < 4.78 is 39.8. The van der Waals surface area contributed by atoms with Crippen molar-refractivity contribution in [3.05, 3.63) is 28.2 Å². The number of nitrogens with two attached hydrogens (primary N) is 1. The van der Waals surface area contributed by atoms with Gasteiger partial charge in [-0.05, 0) is 37.0 Å². The molecule has 3 N–H and O–H groups in total. The molecular weight excluding hydrogens is 345 g/mol. The first kappa shape index (κ1) is 16.6. The molecule has 1 atom stereocenters. The Balaban J connectivity index is 2.20. The van der Waals surface area contributed by atoms with Crippen LogP contribution >= 0.6 is 15.9 Å². The molecule has 0 saturated heterocycles. The molecule has 1 aromatic carbocycles. The van der Waals surface area contributed by atoms with Gasteiger partial charge in [-0.3, -0.25) is 0 Å². The van der Waals surface area contributed by atoms with Gasteiger partial charge in [-0.2, -0.15) is 13.2 Å². The molecule has 2 nitrogen and oxygen atoms in total. The van der Waals surface area contributed by atoms with Gasteiger partial charge in [0, 0.05) is 22.7 Å². The molecule has 1 unspecified atom stereocenters. The maximum Gasteiger partial charge on any atom is 0.418 e. The molecule has 2 rings (SSSR count). The van der Waals surface area contributed by atoms with Crippen molar-refractivity contribution >= 4 is 21.6 Å². The van der Waals surface area contributed by atoms with Crippen LogP contribution in [0.15, 0.2) is 22.7 Å². The molecule has 1 aliphatic carbocycles. The van der Waals surface area contributed by atoms with Gasteiger partial charge in [0.15, 0.2) is 0 Å². The molecule has 1 fully saturated rings. The highest BCUT2D eigenvalue weighted by molar-refractivity contribution is 9.10. The van der Waals surface area contributed by atoms with Crippen LogP contribution in [-0.2, 0) is 6.18 Å². The van der Waals surface area contributed by atoms with E-state index in [0.717, 1.165) is 31.7 Å². The Morgan fingerprint density at radius 2 is 1.90 bits per heavy atom. The van der Waals surface area contributed by atoms with E-state index in [-0.39, 0.29) is 11.7 Å². The van der Waals surface area contributed by atoms with E-state index in [1.807, 2.05) is 0 Å². The van der Waals surface area contributed by atoms with Gasteiger partial charge in [0.1, 0.15) is 0 Å². The third-order valence-corrected chi connectivity index (χ3v) is 4.59. The highest BCUT2D eigenvalue weighted by atomic mass is 79.9. The highest BCUT2D eigenvalue weighted by Crippen LogP contribution is 2.38. The van der Waals surface area contributed by atoms with Crippen LogP contribution in [0, 0.1) is 5.92 Å². The molecule has 0 heterocycles. The van der Waals surface area contributed by atoms with Gasteiger partial charge in [-0.25, -0.2) is 0 Å². The average molecular weight is 365 g/mol. The summed E-state index contributed by atoms with van der Waals surface area (Å²) in [5, 5.41) is 3.03. The van der Waals surface area contributed by atoms with Gasteiger partial charge >= 0.3 is 6.18 Å². The van der Waals surface area contributed by atoms with Gasteiger partial charge in [0.05, 0.1) is 5.56 Å². The Morgan fingerprint density at radius 1 is 1.24 bits per heavy atom. The van der Waals surface area contributed by atoms with Gasteiger partial charge < -0.3 is 11.1 Å². The predicted molar refractivity (Wildman–Crippen MR) is 82.2 cm³/mol. The summed E-state index contributed by atoms with van der Waals surface area (Å²) in [6, 6.07) is 4.09. The summed E-state index contributed by atoms with van der Waals surface area (Å²) in [4.78, 5) is 0. The Morgan fingerprint density at radius 3 is 2.48 bits per heavy atom. The Kier molecular flexibility index (Phi) is 5.54. The minimum Gasteiger partial charge on any atom is -0.380 e. The van der Waals surface area contributed by atoms with Crippen molar-refractivity contribution in [3.63, 3.8) is 0 Å². The van der Waals surface area contributed by atoms with E-state index in [0.29, 0.717) is 16.9 Å². The fourth-order valence-corrected chi connectivity index (χ4v) is 3.34. The van der Waals surface area contributed by atoms with Crippen LogP contribution in [0.1, 0.15) is 37.7 Å². The zero-order valence-corrected chi connectivity index (χ0v) is 13.3. The molecular formula is C15H20BrF3N2. The van der Waals surface area contributed by atoms with Gasteiger partial charge in [0.25, 0.3) is 0 Å². The van der Waals surface area contributed by atoms with Crippen molar-refractivity contribution in [2.24, 2.45) is 11.7 Å². The van der Waals surface area contributed by atoms with Gasteiger partial charge in [-0.1, -0.05) is 35.2 Å². The number of nitrogens with one attached hydrogen (secondary N) is 1. The summed E-state index contributed by atoms with van der Waals surface area (Å²) >= 11 is 3.10. The molecule has 1 aliphatic rings. The zero-order chi connectivity index (χ0) is 15.5. The number of halogens is 4. The Bertz CT molecular complexity index is 470. The second kappa shape index (κ2) is 7.01. The van der Waals surface area contributed by atoms with Crippen molar-refractivity contribution in [1.29, 1.82) is 0 Å². The van der Waals surface area contributed by atoms with Crippen molar-refractivity contribution in [1.82, 2.24) is 0 Å².